The van der Waals surface area contributed by atoms with Crippen LogP contribution in [0.25, 0.3) is 28.2 Å². The summed E-state index contributed by atoms with van der Waals surface area (Å²) in [4.78, 5) is 29.4. The fraction of sp³-hybridized carbons (Fsp3) is 0.278. The maximum Gasteiger partial charge on any atom is 0.332 e. The number of aliphatic hydroxyl groups is 1. The number of fused-ring (bicyclic) bond motifs is 3. The van der Waals surface area contributed by atoms with Crippen molar-refractivity contribution in [2.75, 3.05) is 0 Å². The molecule has 0 fully saturated rings. The van der Waals surface area contributed by atoms with Crippen LogP contribution in [0.1, 0.15) is 6.92 Å². The number of hydrogen-bond acceptors (Lipinski definition) is 4. The minimum absolute atomic E-state index is 0.318. The van der Waals surface area contributed by atoms with Gasteiger partial charge in [0.25, 0.3) is 5.56 Å². The van der Waals surface area contributed by atoms with Gasteiger partial charge in [0.15, 0.2) is 11.2 Å². The molecule has 0 aliphatic carbocycles. The second kappa shape index (κ2) is 5.70. The Bertz CT molecular complexity index is 1240. The first-order chi connectivity index (χ1) is 12.4. The molecule has 26 heavy (non-hydrogen) atoms. The molecule has 1 atom stereocenters. The van der Waals surface area contributed by atoms with E-state index in [1.54, 1.807) is 18.4 Å². The average Bonchev–Trinajstić information content (AvgIpc) is 3.16. The van der Waals surface area contributed by atoms with Crippen LogP contribution in [0.15, 0.2) is 46.1 Å². The monoisotopic (exact) mass is 353 g/mol. The van der Waals surface area contributed by atoms with Gasteiger partial charge in [-0.3, -0.25) is 18.3 Å². The van der Waals surface area contributed by atoms with Gasteiger partial charge in [0.2, 0.25) is 5.78 Å². The van der Waals surface area contributed by atoms with Crippen molar-refractivity contribution < 1.29 is 5.11 Å². The molecule has 0 radical (unpaired) electrons. The number of aliphatic hydroxyl groups excluding tert-OH is 1. The van der Waals surface area contributed by atoms with Crippen LogP contribution >= 0.6 is 0 Å². The Hall–Kier alpha value is -3.13. The predicted octanol–water partition coefficient (Wildman–Crippen LogP) is 0.734. The number of aromatic nitrogens is 5. The van der Waals surface area contributed by atoms with E-state index in [1.807, 2.05) is 41.1 Å². The van der Waals surface area contributed by atoms with Crippen molar-refractivity contribution in [2.45, 2.75) is 19.6 Å². The maximum atomic E-state index is 12.7. The summed E-state index contributed by atoms with van der Waals surface area (Å²) < 4.78 is 6.00. The molecule has 0 aliphatic rings. The fourth-order valence-electron chi connectivity index (χ4n) is 3.30. The summed E-state index contributed by atoms with van der Waals surface area (Å²) in [5.74, 6) is 0.512. The average molecular weight is 353 g/mol. The highest BCUT2D eigenvalue weighted by molar-refractivity contribution is 5.78. The van der Waals surface area contributed by atoms with Gasteiger partial charge in [0, 0.05) is 20.3 Å². The van der Waals surface area contributed by atoms with E-state index in [0.717, 1.165) is 15.8 Å². The van der Waals surface area contributed by atoms with E-state index in [4.69, 9.17) is 0 Å². The standard InChI is InChI=1S/C18H19N5O3/c1-11(24)9-22-13(12-7-5-4-6-8-12)10-23-14-15(19-17(22)23)20(2)18(26)21(3)16(14)25/h4-8,10-11,24H,9H2,1-3H3/t11-/m1/s1. The lowest BCUT2D eigenvalue weighted by Gasteiger charge is -2.10. The Labute approximate surface area is 148 Å². The molecule has 0 saturated carbocycles. The highest BCUT2D eigenvalue weighted by atomic mass is 16.3. The lowest BCUT2D eigenvalue weighted by molar-refractivity contribution is 0.175. The molecule has 134 valence electrons. The largest absolute Gasteiger partial charge is 0.392 e. The van der Waals surface area contributed by atoms with Gasteiger partial charge in [-0.1, -0.05) is 30.3 Å². The maximum absolute atomic E-state index is 12.7. The van der Waals surface area contributed by atoms with E-state index in [2.05, 4.69) is 4.98 Å². The highest BCUT2D eigenvalue weighted by Gasteiger charge is 2.21. The molecule has 0 aliphatic heterocycles. The van der Waals surface area contributed by atoms with Crippen molar-refractivity contribution in [3.63, 3.8) is 0 Å². The van der Waals surface area contributed by atoms with Crippen LogP contribution in [-0.2, 0) is 20.6 Å². The van der Waals surface area contributed by atoms with E-state index >= 15 is 0 Å². The van der Waals surface area contributed by atoms with E-state index < -0.39 is 17.4 Å². The fourth-order valence-corrected chi connectivity index (χ4v) is 3.30. The SMILES string of the molecule is C[C@@H](O)Cn1c(-c2ccccc2)cn2c3c(=O)n(C)c(=O)n(C)c3nc12. The van der Waals surface area contributed by atoms with Gasteiger partial charge in [0.05, 0.1) is 18.3 Å². The van der Waals surface area contributed by atoms with Crippen molar-refractivity contribution in [1.29, 1.82) is 0 Å². The minimum Gasteiger partial charge on any atom is -0.392 e. The quantitative estimate of drug-likeness (QED) is 0.588. The molecule has 0 unspecified atom stereocenters. The van der Waals surface area contributed by atoms with E-state index in [0.29, 0.717) is 23.5 Å². The summed E-state index contributed by atoms with van der Waals surface area (Å²) in [7, 11) is 3.04. The number of imidazole rings is 2. The topological polar surface area (TPSA) is 86.5 Å². The van der Waals surface area contributed by atoms with Crippen LogP contribution in [0.5, 0.6) is 0 Å². The van der Waals surface area contributed by atoms with Gasteiger partial charge in [-0.15, -0.1) is 0 Å². The van der Waals surface area contributed by atoms with Gasteiger partial charge in [-0.05, 0) is 12.5 Å². The molecule has 8 heteroatoms. The molecule has 0 saturated heterocycles. The third-order valence-corrected chi connectivity index (χ3v) is 4.57. The number of aryl methyl sites for hydroxylation is 1. The third kappa shape index (κ3) is 2.22. The van der Waals surface area contributed by atoms with Gasteiger partial charge in [-0.2, -0.15) is 4.98 Å². The molecule has 1 N–H and O–H groups in total. The molecule has 0 bridgehead atoms. The van der Waals surface area contributed by atoms with Crippen molar-refractivity contribution in [3.05, 3.63) is 57.4 Å². The highest BCUT2D eigenvalue weighted by Crippen LogP contribution is 2.25. The Morgan fingerprint density at radius 3 is 2.46 bits per heavy atom. The Balaban J connectivity index is 2.16. The predicted molar refractivity (Wildman–Crippen MR) is 98.3 cm³/mol. The molecular formula is C18H19N5O3. The lowest BCUT2D eigenvalue weighted by atomic mass is 10.1. The normalized spacial score (nSPS) is 12.9. The zero-order chi connectivity index (χ0) is 18.6. The van der Waals surface area contributed by atoms with Crippen LogP contribution in [0.2, 0.25) is 0 Å². The van der Waals surface area contributed by atoms with Crippen LogP contribution in [0.4, 0.5) is 0 Å². The zero-order valence-corrected chi connectivity index (χ0v) is 14.7. The van der Waals surface area contributed by atoms with Gasteiger partial charge in [-0.25, -0.2) is 4.79 Å². The number of hydrogen-bond donors (Lipinski definition) is 1. The van der Waals surface area contributed by atoms with Crippen LogP contribution < -0.4 is 11.2 Å². The third-order valence-electron chi connectivity index (χ3n) is 4.57. The molecule has 4 rings (SSSR count). The Morgan fingerprint density at radius 2 is 1.81 bits per heavy atom. The second-order valence-electron chi connectivity index (χ2n) is 6.50. The zero-order valence-electron chi connectivity index (χ0n) is 14.7. The minimum atomic E-state index is -0.597. The molecule has 8 nitrogen and oxygen atoms in total. The van der Waals surface area contributed by atoms with Gasteiger partial charge >= 0.3 is 5.69 Å². The summed E-state index contributed by atoms with van der Waals surface area (Å²) in [5.41, 5.74) is 1.64. The van der Waals surface area contributed by atoms with Crippen molar-refractivity contribution in [2.24, 2.45) is 14.1 Å². The number of benzene rings is 1. The van der Waals surface area contributed by atoms with E-state index in [1.165, 1.54) is 11.6 Å². The van der Waals surface area contributed by atoms with E-state index in [9.17, 15) is 14.7 Å². The van der Waals surface area contributed by atoms with Crippen molar-refractivity contribution in [3.8, 4) is 11.3 Å². The Morgan fingerprint density at radius 1 is 1.12 bits per heavy atom. The lowest BCUT2D eigenvalue weighted by Crippen LogP contribution is -2.37. The molecular weight excluding hydrogens is 334 g/mol. The van der Waals surface area contributed by atoms with Crippen molar-refractivity contribution in [1.82, 2.24) is 23.1 Å². The second-order valence-corrected chi connectivity index (χ2v) is 6.50. The molecule has 0 amide bonds. The number of nitrogens with zero attached hydrogens (tertiary/aromatic N) is 5. The molecule has 3 aromatic heterocycles. The first kappa shape index (κ1) is 16.3. The van der Waals surface area contributed by atoms with E-state index in [-0.39, 0.29) is 0 Å². The first-order valence-corrected chi connectivity index (χ1v) is 8.31. The van der Waals surface area contributed by atoms with Gasteiger partial charge < -0.3 is 9.67 Å². The smallest absolute Gasteiger partial charge is 0.332 e. The first-order valence-electron chi connectivity index (χ1n) is 8.31. The molecule has 0 spiro atoms. The summed E-state index contributed by atoms with van der Waals surface area (Å²) >= 11 is 0. The molecule has 4 aromatic rings. The van der Waals surface area contributed by atoms with Crippen LogP contribution in [0, 0.1) is 0 Å². The molecule has 3 heterocycles. The summed E-state index contributed by atoms with van der Waals surface area (Å²) in [6, 6.07) is 9.71. The van der Waals surface area contributed by atoms with Crippen LogP contribution in [-0.4, -0.2) is 34.3 Å². The summed E-state index contributed by atoms with van der Waals surface area (Å²) in [6.07, 6.45) is 1.23. The van der Waals surface area contributed by atoms with Crippen LogP contribution in [0.3, 0.4) is 0 Å². The summed E-state index contributed by atoms with van der Waals surface area (Å²) in [5, 5.41) is 9.95. The summed E-state index contributed by atoms with van der Waals surface area (Å²) in [6.45, 7) is 2.01. The van der Waals surface area contributed by atoms with Crippen molar-refractivity contribution >= 4 is 16.9 Å². The Kier molecular flexibility index (Phi) is 3.58. The van der Waals surface area contributed by atoms with Gasteiger partial charge in [0.1, 0.15) is 0 Å². The number of rotatable bonds is 3. The molecule has 1 aromatic carbocycles.